The summed E-state index contributed by atoms with van der Waals surface area (Å²) in [5, 5.41) is 6.50. The van der Waals surface area contributed by atoms with E-state index in [2.05, 4.69) is 41.4 Å². The predicted octanol–water partition coefficient (Wildman–Crippen LogP) is 2.90. The number of hydrogen-bond acceptors (Lipinski definition) is 5. The Morgan fingerprint density at radius 3 is 2.52 bits per heavy atom. The van der Waals surface area contributed by atoms with Gasteiger partial charge in [0.2, 0.25) is 11.8 Å². The first-order valence-electron chi connectivity index (χ1n) is 10.3. The second kappa shape index (κ2) is 9.69. The Bertz CT molecular complexity index is 816. The third-order valence-electron chi connectivity index (χ3n) is 5.46. The van der Waals surface area contributed by atoms with E-state index in [1.54, 1.807) is 17.9 Å². The first-order valence-corrected chi connectivity index (χ1v) is 10.3. The zero-order valence-corrected chi connectivity index (χ0v) is 17.4. The van der Waals surface area contributed by atoms with Gasteiger partial charge in [-0.25, -0.2) is 0 Å². The molecule has 2 aromatic rings. The van der Waals surface area contributed by atoms with E-state index in [-0.39, 0.29) is 30.2 Å². The molecule has 1 fully saturated rings. The van der Waals surface area contributed by atoms with Crippen LogP contribution in [-0.2, 0) is 9.59 Å². The van der Waals surface area contributed by atoms with Gasteiger partial charge in [0, 0.05) is 25.1 Å². The molecule has 0 unspecified atom stereocenters. The van der Waals surface area contributed by atoms with Gasteiger partial charge in [0.05, 0.1) is 6.54 Å². The number of nitrogens with zero attached hydrogens (tertiary/aromatic N) is 3. The topological polar surface area (TPSA) is 78.7 Å². The molecule has 7 nitrogen and oxygen atoms in total. The van der Waals surface area contributed by atoms with E-state index in [0.29, 0.717) is 18.1 Å². The van der Waals surface area contributed by atoms with Crippen molar-refractivity contribution in [2.24, 2.45) is 5.92 Å². The average Bonchev–Trinajstić information content (AvgIpc) is 3.43. The van der Waals surface area contributed by atoms with Gasteiger partial charge >= 0.3 is 0 Å². The molecule has 1 aromatic heterocycles. The van der Waals surface area contributed by atoms with Crippen molar-refractivity contribution in [2.75, 3.05) is 38.0 Å². The number of aromatic nitrogens is 1. The Morgan fingerprint density at radius 2 is 1.90 bits per heavy atom. The van der Waals surface area contributed by atoms with Crippen LogP contribution in [0.2, 0.25) is 0 Å². The van der Waals surface area contributed by atoms with Gasteiger partial charge in [0.15, 0.2) is 5.82 Å². The van der Waals surface area contributed by atoms with Crippen molar-refractivity contribution >= 4 is 17.6 Å². The number of amides is 2. The van der Waals surface area contributed by atoms with Crippen molar-refractivity contribution in [3.63, 3.8) is 0 Å². The van der Waals surface area contributed by atoms with Crippen LogP contribution in [0.4, 0.5) is 5.82 Å². The van der Waals surface area contributed by atoms with Gasteiger partial charge < -0.3 is 19.6 Å². The third kappa shape index (κ3) is 5.67. The fourth-order valence-electron chi connectivity index (χ4n) is 3.62. The van der Waals surface area contributed by atoms with Crippen molar-refractivity contribution in [1.29, 1.82) is 0 Å². The van der Waals surface area contributed by atoms with Gasteiger partial charge in [-0.3, -0.25) is 9.59 Å². The lowest BCUT2D eigenvalue weighted by atomic mass is 10.1. The second-order valence-electron chi connectivity index (χ2n) is 7.52. The summed E-state index contributed by atoms with van der Waals surface area (Å²) in [5.74, 6) is 0.994. The number of likely N-dealkylation sites (N-methyl/N-ethyl adjacent to an activating group) is 1. The van der Waals surface area contributed by atoms with Gasteiger partial charge in [-0.15, -0.1) is 0 Å². The molecule has 1 N–H and O–H groups in total. The van der Waals surface area contributed by atoms with E-state index in [1.165, 1.54) is 5.56 Å². The molecule has 1 heterocycles. The van der Waals surface area contributed by atoms with Crippen LogP contribution in [0.3, 0.4) is 0 Å². The minimum Gasteiger partial charge on any atom is -0.360 e. The smallest absolute Gasteiger partial charge is 0.245 e. The average molecular weight is 399 g/mol. The molecule has 0 aliphatic heterocycles. The fourth-order valence-corrected chi connectivity index (χ4v) is 3.62. The number of rotatable bonds is 10. The summed E-state index contributed by atoms with van der Waals surface area (Å²) in [6.07, 6.45) is 0.842. The lowest BCUT2D eigenvalue weighted by Gasteiger charge is -2.26. The number of nitrogens with one attached hydrogen (secondary N) is 1. The van der Waals surface area contributed by atoms with Gasteiger partial charge in [0.1, 0.15) is 5.76 Å². The van der Waals surface area contributed by atoms with Gasteiger partial charge in [-0.2, -0.15) is 0 Å². The van der Waals surface area contributed by atoms with Crippen molar-refractivity contribution in [1.82, 2.24) is 15.0 Å². The highest BCUT2D eigenvalue weighted by atomic mass is 16.5. The summed E-state index contributed by atoms with van der Waals surface area (Å²) >= 11 is 0. The maximum absolute atomic E-state index is 13.2. The third-order valence-corrected chi connectivity index (χ3v) is 5.46. The number of anilines is 1. The quantitative estimate of drug-likeness (QED) is 0.666. The maximum atomic E-state index is 13.2. The molecule has 1 saturated carbocycles. The number of carbonyl (C=O) groups excluding carboxylic acids is 2. The normalized spacial score (nSPS) is 17.9. The Kier molecular flexibility index (Phi) is 7.04. The Hall–Kier alpha value is -2.67. The van der Waals surface area contributed by atoms with Crippen LogP contribution in [0.15, 0.2) is 40.9 Å². The highest BCUT2D eigenvalue weighted by Crippen LogP contribution is 2.48. The first kappa shape index (κ1) is 21.0. The zero-order chi connectivity index (χ0) is 20.8. The van der Waals surface area contributed by atoms with Gasteiger partial charge in [-0.1, -0.05) is 49.3 Å². The van der Waals surface area contributed by atoms with Gasteiger partial charge in [0.25, 0.3) is 0 Å². The molecule has 3 rings (SSSR count). The molecule has 1 aliphatic rings. The summed E-state index contributed by atoms with van der Waals surface area (Å²) in [6.45, 7) is 9.09. The highest BCUT2D eigenvalue weighted by Gasteiger charge is 2.45. The number of hydrogen-bond donors (Lipinski definition) is 1. The summed E-state index contributed by atoms with van der Waals surface area (Å²) in [6, 6.07) is 11.8. The molecular formula is C22H30N4O3. The van der Waals surface area contributed by atoms with Crippen LogP contribution in [0.25, 0.3) is 0 Å². The molecule has 0 spiro atoms. The lowest BCUT2D eigenvalue weighted by Crippen LogP contribution is -2.43. The lowest BCUT2D eigenvalue weighted by molar-refractivity contribution is -0.136. The molecule has 0 saturated heterocycles. The van der Waals surface area contributed by atoms with Crippen molar-refractivity contribution in [2.45, 2.75) is 33.1 Å². The van der Waals surface area contributed by atoms with Crippen LogP contribution in [-0.4, -0.2) is 59.5 Å². The van der Waals surface area contributed by atoms with E-state index < -0.39 is 0 Å². The largest absolute Gasteiger partial charge is 0.360 e. The first-order chi connectivity index (χ1) is 14.0. The maximum Gasteiger partial charge on any atom is 0.245 e. The minimum atomic E-state index is -0.261. The van der Waals surface area contributed by atoms with Crippen LogP contribution in [0, 0.1) is 12.8 Å². The summed E-state index contributed by atoms with van der Waals surface area (Å²) in [4.78, 5) is 29.6. The summed E-state index contributed by atoms with van der Waals surface area (Å²) in [5.41, 5.74) is 1.19. The van der Waals surface area contributed by atoms with E-state index in [0.717, 1.165) is 26.1 Å². The van der Waals surface area contributed by atoms with Crippen molar-refractivity contribution in [3.8, 4) is 0 Å². The summed E-state index contributed by atoms with van der Waals surface area (Å²) in [7, 11) is 0. The Balaban J connectivity index is 1.63. The molecule has 1 aliphatic carbocycles. The molecular weight excluding hydrogens is 368 g/mol. The minimum absolute atomic E-state index is 0.0179. The monoisotopic (exact) mass is 398 g/mol. The van der Waals surface area contributed by atoms with Crippen LogP contribution in [0.5, 0.6) is 0 Å². The molecule has 1 aromatic carbocycles. The van der Waals surface area contributed by atoms with E-state index in [9.17, 15) is 9.59 Å². The van der Waals surface area contributed by atoms with Crippen LogP contribution >= 0.6 is 0 Å². The molecule has 0 radical (unpaired) electrons. The predicted molar refractivity (Wildman–Crippen MR) is 112 cm³/mol. The molecule has 29 heavy (non-hydrogen) atoms. The Labute approximate surface area is 172 Å². The van der Waals surface area contributed by atoms with Crippen molar-refractivity contribution in [3.05, 3.63) is 47.7 Å². The SMILES string of the molecule is CCN(CC)CCN(CC(=O)Nc1cc(C)on1)C(=O)[C@H]1C[C@H]1c1ccccc1. The van der Waals surface area contributed by atoms with Gasteiger partial charge in [-0.05, 0) is 37.9 Å². The Morgan fingerprint density at radius 1 is 1.17 bits per heavy atom. The van der Waals surface area contributed by atoms with Crippen molar-refractivity contribution < 1.29 is 14.1 Å². The van der Waals surface area contributed by atoms with Crippen LogP contribution < -0.4 is 5.32 Å². The highest BCUT2D eigenvalue weighted by molar-refractivity contribution is 5.94. The fraction of sp³-hybridized carbons (Fsp3) is 0.500. The second-order valence-corrected chi connectivity index (χ2v) is 7.52. The molecule has 2 atom stereocenters. The zero-order valence-electron chi connectivity index (χ0n) is 17.4. The number of benzene rings is 1. The van der Waals surface area contributed by atoms with E-state index >= 15 is 0 Å². The van der Waals surface area contributed by atoms with E-state index in [1.807, 2.05) is 18.2 Å². The number of carbonyl (C=O) groups is 2. The van der Waals surface area contributed by atoms with E-state index in [4.69, 9.17) is 4.52 Å². The summed E-state index contributed by atoms with van der Waals surface area (Å²) < 4.78 is 4.99. The molecule has 156 valence electrons. The number of aryl methyl sites for hydroxylation is 1. The molecule has 2 amide bonds. The standard InChI is InChI=1S/C22H30N4O3/c1-4-25(5-2)11-12-26(15-21(27)23-20-13-16(3)29-24-20)22(28)19-14-18(19)17-9-7-6-8-10-17/h6-10,13,18-19H,4-5,11-12,14-15H2,1-3H3,(H,23,24,27)/t18-,19-/m0/s1. The van der Waals surface area contributed by atoms with Crippen LogP contribution in [0.1, 0.15) is 37.5 Å². The molecule has 0 bridgehead atoms. The molecule has 7 heteroatoms.